The summed E-state index contributed by atoms with van der Waals surface area (Å²) in [6, 6.07) is 4.62. The Labute approximate surface area is 116 Å². The summed E-state index contributed by atoms with van der Waals surface area (Å²) < 4.78 is 0. The van der Waals surface area contributed by atoms with Crippen LogP contribution in [0.3, 0.4) is 0 Å². The lowest BCUT2D eigenvalue weighted by Gasteiger charge is -2.14. The molecule has 0 saturated heterocycles. The Morgan fingerprint density at radius 1 is 1.28 bits per heavy atom. The first kappa shape index (κ1) is 13.5. The van der Waals surface area contributed by atoms with Crippen LogP contribution in [0.2, 0.25) is 10.0 Å². The molecule has 0 spiro atoms. The van der Waals surface area contributed by atoms with Crippen molar-refractivity contribution in [3.8, 4) is 0 Å². The molecule has 0 heterocycles. The molecule has 0 aromatic heterocycles. The Morgan fingerprint density at radius 3 is 2.39 bits per heavy atom. The van der Waals surface area contributed by atoms with Crippen LogP contribution in [-0.4, -0.2) is 19.1 Å². The Balaban J connectivity index is 1.87. The lowest BCUT2D eigenvalue weighted by molar-refractivity contribution is 0.249. The van der Waals surface area contributed by atoms with E-state index in [1.54, 1.807) is 18.2 Å². The van der Waals surface area contributed by atoms with E-state index < -0.39 is 0 Å². The van der Waals surface area contributed by atoms with E-state index >= 15 is 0 Å². The van der Waals surface area contributed by atoms with Gasteiger partial charge in [-0.3, -0.25) is 0 Å². The molecular weight excluding hydrogens is 273 g/mol. The van der Waals surface area contributed by atoms with Crippen molar-refractivity contribution in [1.29, 1.82) is 0 Å². The third-order valence-electron chi connectivity index (χ3n) is 3.13. The van der Waals surface area contributed by atoms with Crippen molar-refractivity contribution in [1.82, 2.24) is 5.32 Å². The lowest BCUT2D eigenvalue weighted by atomic mass is 10.1. The van der Waals surface area contributed by atoms with Gasteiger partial charge >= 0.3 is 6.03 Å². The zero-order chi connectivity index (χ0) is 13.2. The minimum atomic E-state index is -0.270. The summed E-state index contributed by atoms with van der Waals surface area (Å²) in [5.74, 6) is 0. The van der Waals surface area contributed by atoms with E-state index in [2.05, 4.69) is 10.6 Å². The van der Waals surface area contributed by atoms with Crippen LogP contribution in [0.5, 0.6) is 0 Å². The number of carbonyl (C=O) groups excluding carboxylic acids is 1. The fourth-order valence-electron chi connectivity index (χ4n) is 1.70. The largest absolute Gasteiger partial charge is 0.337 e. The summed E-state index contributed by atoms with van der Waals surface area (Å²) in [5.41, 5.74) is 6.33. The van der Waals surface area contributed by atoms with Crippen LogP contribution < -0.4 is 16.4 Å². The van der Waals surface area contributed by atoms with Gasteiger partial charge in [-0.2, -0.15) is 0 Å². The highest BCUT2D eigenvalue weighted by molar-refractivity contribution is 6.35. The predicted octanol–water partition coefficient (Wildman–Crippen LogP) is 2.85. The quantitative estimate of drug-likeness (QED) is 0.797. The number of anilines is 1. The lowest BCUT2D eigenvalue weighted by Crippen LogP contribution is -2.36. The Morgan fingerprint density at radius 2 is 1.89 bits per heavy atom. The van der Waals surface area contributed by atoms with Crippen molar-refractivity contribution in [2.45, 2.75) is 12.8 Å². The molecule has 0 aliphatic heterocycles. The standard InChI is InChI=1S/C12H15Cl2N3O/c13-8-3-9(14)5-10(4-8)17-11(18)16-7-12(6-15)1-2-12/h3-5H,1-2,6-7,15H2,(H2,16,17,18). The van der Waals surface area contributed by atoms with Gasteiger partial charge in [0.15, 0.2) is 0 Å². The van der Waals surface area contributed by atoms with E-state index in [9.17, 15) is 4.79 Å². The van der Waals surface area contributed by atoms with Gasteiger partial charge in [0.25, 0.3) is 0 Å². The van der Waals surface area contributed by atoms with Crippen molar-refractivity contribution in [3.63, 3.8) is 0 Å². The molecule has 4 nitrogen and oxygen atoms in total. The number of carbonyl (C=O) groups is 1. The normalized spacial score (nSPS) is 16.2. The molecule has 98 valence electrons. The number of hydrogen-bond acceptors (Lipinski definition) is 2. The minimum absolute atomic E-state index is 0.114. The second-order valence-electron chi connectivity index (χ2n) is 4.67. The third-order valence-corrected chi connectivity index (χ3v) is 3.57. The summed E-state index contributed by atoms with van der Waals surface area (Å²) in [6.07, 6.45) is 2.15. The number of halogens is 2. The maximum atomic E-state index is 11.7. The highest BCUT2D eigenvalue weighted by atomic mass is 35.5. The maximum absolute atomic E-state index is 11.7. The van der Waals surface area contributed by atoms with Crippen LogP contribution in [0.15, 0.2) is 18.2 Å². The van der Waals surface area contributed by atoms with Gasteiger partial charge in [0, 0.05) is 27.7 Å². The molecule has 0 atom stereocenters. The molecule has 2 amide bonds. The van der Waals surface area contributed by atoms with Crippen molar-refractivity contribution >= 4 is 34.9 Å². The third kappa shape index (κ3) is 3.51. The molecule has 0 bridgehead atoms. The highest BCUT2D eigenvalue weighted by Gasteiger charge is 2.41. The number of hydrogen-bond donors (Lipinski definition) is 3. The summed E-state index contributed by atoms with van der Waals surface area (Å²) in [6.45, 7) is 1.21. The molecule has 0 radical (unpaired) electrons. The predicted molar refractivity (Wildman–Crippen MR) is 74.2 cm³/mol. The monoisotopic (exact) mass is 287 g/mol. The van der Waals surface area contributed by atoms with Gasteiger partial charge in [0.1, 0.15) is 0 Å². The summed E-state index contributed by atoms with van der Waals surface area (Å²) in [4.78, 5) is 11.7. The van der Waals surface area contributed by atoms with Gasteiger partial charge < -0.3 is 16.4 Å². The molecule has 1 aliphatic rings. The molecule has 2 rings (SSSR count). The molecule has 1 fully saturated rings. The van der Waals surface area contributed by atoms with Crippen LogP contribution in [0.1, 0.15) is 12.8 Å². The summed E-state index contributed by atoms with van der Waals surface area (Å²) in [5, 5.41) is 6.47. The number of urea groups is 1. The van der Waals surface area contributed by atoms with Gasteiger partial charge in [-0.05, 0) is 37.6 Å². The first-order valence-electron chi connectivity index (χ1n) is 5.74. The summed E-state index contributed by atoms with van der Waals surface area (Å²) in [7, 11) is 0. The molecule has 0 unspecified atom stereocenters. The summed E-state index contributed by atoms with van der Waals surface area (Å²) >= 11 is 11.7. The topological polar surface area (TPSA) is 67.1 Å². The number of nitrogens with two attached hydrogens (primary N) is 1. The van der Waals surface area contributed by atoms with E-state index in [4.69, 9.17) is 28.9 Å². The Bertz CT molecular complexity index is 440. The fraction of sp³-hybridized carbons (Fsp3) is 0.417. The molecule has 1 saturated carbocycles. The van der Waals surface area contributed by atoms with Crippen LogP contribution in [0.4, 0.5) is 10.5 Å². The Kier molecular flexibility index (Phi) is 4.00. The molecule has 1 aromatic rings. The zero-order valence-corrected chi connectivity index (χ0v) is 11.3. The molecule has 1 aliphatic carbocycles. The van der Waals surface area contributed by atoms with Crippen molar-refractivity contribution in [2.24, 2.45) is 11.1 Å². The van der Waals surface area contributed by atoms with E-state index in [0.717, 1.165) is 12.8 Å². The van der Waals surface area contributed by atoms with Crippen molar-refractivity contribution < 1.29 is 4.79 Å². The molecule has 1 aromatic carbocycles. The second-order valence-corrected chi connectivity index (χ2v) is 5.54. The number of benzene rings is 1. The van der Waals surface area contributed by atoms with Gasteiger partial charge in [-0.1, -0.05) is 23.2 Å². The minimum Gasteiger partial charge on any atom is -0.337 e. The highest BCUT2D eigenvalue weighted by Crippen LogP contribution is 2.43. The van der Waals surface area contributed by atoms with E-state index in [1.165, 1.54) is 0 Å². The van der Waals surface area contributed by atoms with Crippen molar-refractivity contribution in [2.75, 3.05) is 18.4 Å². The first-order chi connectivity index (χ1) is 8.53. The van der Waals surface area contributed by atoms with E-state index in [1.807, 2.05) is 0 Å². The van der Waals surface area contributed by atoms with Gasteiger partial charge in [-0.25, -0.2) is 4.79 Å². The molecule has 18 heavy (non-hydrogen) atoms. The second kappa shape index (κ2) is 5.34. The number of amides is 2. The maximum Gasteiger partial charge on any atom is 0.319 e. The molecule has 4 N–H and O–H groups in total. The van der Waals surface area contributed by atoms with Crippen LogP contribution in [0.25, 0.3) is 0 Å². The Hall–Kier alpha value is -0.970. The molecular formula is C12H15Cl2N3O. The van der Waals surface area contributed by atoms with E-state index in [-0.39, 0.29) is 11.4 Å². The van der Waals surface area contributed by atoms with Crippen LogP contribution >= 0.6 is 23.2 Å². The van der Waals surface area contributed by atoms with Gasteiger partial charge in [-0.15, -0.1) is 0 Å². The van der Waals surface area contributed by atoms with Gasteiger partial charge in [0.05, 0.1) is 0 Å². The first-order valence-corrected chi connectivity index (χ1v) is 6.50. The van der Waals surface area contributed by atoms with Gasteiger partial charge in [0.2, 0.25) is 0 Å². The molecule has 6 heteroatoms. The zero-order valence-electron chi connectivity index (χ0n) is 9.80. The number of rotatable bonds is 4. The smallest absolute Gasteiger partial charge is 0.319 e. The van der Waals surface area contributed by atoms with Crippen LogP contribution in [0, 0.1) is 5.41 Å². The average molecular weight is 288 g/mol. The SMILES string of the molecule is NCC1(CNC(=O)Nc2cc(Cl)cc(Cl)c2)CC1. The van der Waals surface area contributed by atoms with Crippen LogP contribution in [-0.2, 0) is 0 Å². The van der Waals surface area contributed by atoms with E-state index in [0.29, 0.717) is 28.8 Å². The number of nitrogens with one attached hydrogen (secondary N) is 2. The average Bonchev–Trinajstić information content (AvgIpc) is 3.05. The fourth-order valence-corrected chi connectivity index (χ4v) is 2.22. The van der Waals surface area contributed by atoms with Crippen molar-refractivity contribution in [3.05, 3.63) is 28.2 Å².